The Morgan fingerprint density at radius 2 is 1.70 bits per heavy atom. The fourth-order valence-corrected chi connectivity index (χ4v) is 4.11. The van der Waals surface area contributed by atoms with Gasteiger partial charge in [0.05, 0.1) is 18.7 Å². The molecule has 1 saturated heterocycles. The van der Waals surface area contributed by atoms with Gasteiger partial charge in [0.2, 0.25) is 0 Å². The molecule has 0 atom stereocenters. The fourth-order valence-electron chi connectivity index (χ4n) is 3.92. The summed E-state index contributed by atoms with van der Waals surface area (Å²) in [4.78, 5) is 26.4. The highest BCUT2D eigenvalue weighted by atomic mass is 35.5. The lowest BCUT2D eigenvalue weighted by Crippen LogP contribution is -2.49. The molecule has 0 bridgehead atoms. The van der Waals surface area contributed by atoms with E-state index >= 15 is 0 Å². The van der Waals surface area contributed by atoms with E-state index in [1.54, 1.807) is 7.11 Å². The van der Waals surface area contributed by atoms with Crippen LogP contribution in [0, 0.1) is 5.92 Å². The summed E-state index contributed by atoms with van der Waals surface area (Å²) in [5, 5.41) is 10.8. The second kappa shape index (κ2) is 15.6. The number of methoxy groups -OCH3 is 1. The van der Waals surface area contributed by atoms with E-state index in [-0.39, 0.29) is 12.1 Å². The van der Waals surface area contributed by atoms with Crippen LogP contribution in [-0.2, 0) is 17.9 Å². The SMILES string of the molecule is COc1cc(CN(C(=O)NCc2ccc(OCC(C)C)cc2)C2CCN(C)CC2)ccc1Cl.O=C(O)C(F)(F)F. The number of urea groups is 1. The van der Waals surface area contributed by atoms with Gasteiger partial charge in [-0.2, -0.15) is 13.2 Å². The van der Waals surface area contributed by atoms with Gasteiger partial charge >= 0.3 is 18.2 Å². The number of halogens is 4. The molecule has 0 aromatic heterocycles. The van der Waals surface area contributed by atoms with Crippen LogP contribution in [0.4, 0.5) is 18.0 Å². The molecular formula is C28H37ClF3N3O5. The van der Waals surface area contributed by atoms with Gasteiger partial charge in [0.15, 0.2) is 0 Å². The number of aliphatic carboxylic acids is 1. The number of carboxylic acids is 1. The molecule has 1 aliphatic rings. The molecule has 40 heavy (non-hydrogen) atoms. The van der Waals surface area contributed by atoms with Crippen LogP contribution in [0.5, 0.6) is 11.5 Å². The van der Waals surface area contributed by atoms with Crippen LogP contribution in [0.2, 0.25) is 5.02 Å². The monoisotopic (exact) mass is 587 g/mol. The second-order valence-electron chi connectivity index (χ2n) is 9.94. The minimum absolute atomic E-state index is 0.0568. The van der Waals surface area contributed by atoms with E-state index in [1.807, 2.05) is 47.4 Å². The van der Waals surface area contributed by atoms with E-state index in [9.17, 15) is 18.0 Å². The lowest BCUT2D eigenvalue weighted by Gasteiger charge is -2.37. The number of benzene rings is 2. The average Bonchev–Trinajstić information content (AvgIpc) is 2.91. The molecule has 1 fully saturated rings. The summed E-state index contributed by atoms with van der Waals surface area (Å²) in [6.45, 7) is 7.88. The highest BCUT2D eigenvalue weighted by Gasteiger charge is 2.38. The van der Waals surface area contributed by atoms with E-state index in [4.69, 9.17) is 31.0 Å². The molecule has 0 saturated carbocycles. The Hall–Kier alpha value is -3.18. The Morgan fingerprint density at radius 1 is 1.12 bits per heavy atom. The van der Waals surface area contributed by atoms with Crippen molar-refractivity contribution in [3.63, 3.8) is 0 Å². The summed E-state index contributed by atoms with van der Waals surface area (Å²) in [7, 11) is 3.73. The minimum atomic E-state index is -5.08. The van der Waals surface area contributed by atoms with Crippen molar-refractivity contribution in [1.82, 2.24) is 15.1 Å². The lowest BCUT2D eigenvalue weighted by atomic mass is 10.0. The number of hydrogen-bond acceptors (Lipinski definition) is 5. The first-order chi connectivity index (χ1) is 18.8. The predicted octanol–water partition coefficient (Wildman–Crippen LogP) is 5.82. The highest BCUT2D eigenvalue weighted by molar-refractivity contribution is 6.32. The topological polar surface area (TPSA) is 91.3 Å². The van der Waals surface area contributed by atoms with Gasteiger partial charge in [0, 0.05) is 19.1 Å². The van der Waals surface area contributed by atoms with Crippen molar-refractivity contribution >= 4 is 23.6 Å². The average molecular weight is 588 g/mol. The first kappa shape index (κ1) is 33.0. The van der Waals surface area contributed by atoms with Gasteiger partial charge in [-0.05, 0) is 74.3 Å². The number of piperidine rings is 1. The predicted molar refractivity (Wildman–Crippen MR) is 147 cm³/mol. The Morgan fingerprint density at radius 3 is 2.23 bits per heavy atom. The second-order valence-corrected chi connectivity index (χ2v) is 10.3. The number of carboxylic acid groups (broad SMARTS) is 1. The first-order valence-corrected chi connectivity index (χ1v) is 13.2. The van der Waals surface area contributed by atoms with Crippen molar-refractivity contribution < 1.29 is 37.3 Å². The van der Waals surface area contributed by atoms with E-state index in [1.165, 1.54) is 0 Å². The zero-order valence-electron chi connectivity index (χ0n) is 23.1. The standard InChI is InChI=1S/C26H36ClN3O3.C2HF3O2/c1-19(2)18-33-23-8-5-20(6-9-23)16-28-26(31)30(22-11-13-29(3)14-12-22)17-21-7-10-24(27)25(15-21)32-4;3-2(4,5)1(6)7/h5-10,15,19,22H,11-14,16-18H2,1-4H3,(H,28,31);(H,6,7). The molecule has 3 rings (SSSR count). The molecule has 1 aliphatic heterocycles. The van der Waals surface area contributed by atoms with Gasteiger partial charge in [0.25, 0.3) is 0 Å². The van der Waals surface area contributed by atoms with Crippen LogP contribution in [0.3, 0.4) is 0 Å². The zero-order valence-corrected chi connectivity index (χ0v) is 23.9. The Kier molecular flexibility index (Phi) is 12.9. The summed E-state index contributed by atoms with van der Waals surface area (Å²) in [5.74, 6) is -0.802. The zero-order chi connectivity index (χ0) is 29.9. The molecule has 1 heterocycles. The number of ether oxygens (including phenoxy) is 2. The number of carbonyl (C=O) groups excluding carboxylic acids is 1. The molecule has 8 nitrogen and oxygen atoms in total. The van der Waals surface area contributed by atoms with Crippen molar-refractivity contribution in [2.75, 3.05) is 33.9 Å². The van der Waals surface area contributed by atoms with Gasteiger partial charge in [-0.25, -0.2) is 9.59 Å². The summed E-state index contributed by atoms with van der Waals surface area (Å²) < 4.78 is 42.8. The molecule has 0 unspecified atom stereocenters. The van der Waals surface area contributed by atoms with Gasteiger partial charge in [-0.15, -0.1) is 0 Å². The van der Waals surface area contributed by atoms with Crippen LogP contribution in [0.25, 0.3) is 0 Å². The molecule has 222 valence electrons. The summed E-state index contributed by atoms with van der Waals surface area (Å²) in [6, 6.07) is 13.7. The molecule has 2 aromatic carbocycles. The van der Waals surface area contributed by atoms with Crippen molar-refractivity contribution in [2.45, 2.75) is 52.0 Å². The summed E-state index contributed by atoms with van der Waals surface area (Å²) >= 11 is 6.19. The molecule has 0 radical (unpaired) electrons. The third kappa shape index (κ3) is 11.1. The summed E-state index contributed by atoms with van der Waals surface area (Å²) in [5.41, 5.74) is 2.04. The molecular weight excluding hydrogens is 551 g/mol. The van der Waals surface area contributed by atoms with E-state index < -0.39 is 12.1 Å². The van der Waals surface area contributed by atoms with Crippen molar-refractivity contribution in [3.8, 4) is 11.5 Å². The number of rotatable bonds is 9. The van der Waals surface area contributed by atoms with Gasteiger partial charge in [-0.1, -0.05) is 43.6 Å². The van der Waals surface area contributed by atoms with Crippen LogP contribution < -0.4 is 14.8 Å². The maximum absolute atomic E-state index is 13.3. The smallest absolute Gasteiger partial charge is 0.490 e. The van der Waals surface area contributed by atoms with E-state index in [2.05, 4.69) is 31.1 Å². The number of nitrogens with one attached hydrogen (secondary N) is 1. The summed E-state index contributed by atoms with van der Waals surface area (Å²) in [6.07, 6.45) is -3.17. The number of alkyl halides is 3. The van der Waals surface area contributed by atoms with Gasteiger partial charge in [-0.3, -0.25) is 0 Å². The van der Waals surface area contributed by atoms with Crippen LogP contribution >= 0.6 is 11.6 Å². The molecule has 0 aliphatic carbocycles. The Balaban J connectivity index is 0.000000708. The quantitative estimate of drug-likeness (QED) is 0.384. The van der Waals surface area contributed by atoms with Crippen LogP contribution in [0.15, 0.2) is 42.5 Å². The number of amides is 2. The number of nitrogens with zero attached hydrogens (tertiary/aromatic N) is 2. The lowest BCUT2D eigenvalue weighted by molar-refractivity contribution is -0.192. The Labute approximate surface area is 238 Å². The first-order valence-electron chi connectivity index (χ1n) is 12.9. The number of carbonyl (C=O) groups is 2. The third-order valence-electron chi connectivity index (χ3n) is 6.15. The fraction of sp³-hybridized carbons (Fsp3) is 0.500. The number of likely N-dealkylation sites (tertiary alicyclic amines) is 1. The van der Waals surface area contributed by atoms with Crippen LogP contribution in [0.1, 0.15) is 37.8 Å². The minimum Gasteiger partial charge on any atom is -0.495 e. The molecule has 12 heteroatoms. The van der Waals surface area contributed by atoms with Crippen molar-refractivity contribution in [3.05, 3.63) is 58.6 Å². The normalized spacial score (nSPS) is 14.2. The van der Waals surface area contributed by atoms with E-state index in [0.29, 0.717) is 36.4 Å². The van der Waals surface area contributed by atoms with Crippen molar-refractivity contribution in [1.29, 1.82) is 0 Å². The third-order valence-corrected chi connectivity index (χ3v) is 6.46. The van der Waals surface area contributed by atoms with E-state index in [0.717, 1.165) is 42.8 Å². The largest absolute Gasteiger partial charge is 0.495 e. The molecule has 2 N–H and O–H groups in total. The van der Waals surface area contributed by atoms with Gasteiger partial charge < -0.3 is 29.7 Å². The molecule has 0 spiro atoms. The van der Waals surface area contributed by atoms with Crippen molar-refractivity contribution in [2.24, 2.45) is 5.92 Å². The maximum Gasteiger partial charge on any atom is 0.490 e. The molecule has 2 amide bonds. The maximum atomic E-state index is 13.3. The Bertz CT molecular complexity index is 1090. The molecule has 2 aromatic rings. The van der Waals surface area contributed by atoms with Gasteiger partial charge in [0.1, 0.15) is 11.5 Å². The number of hydrogen-bond donors (Lipinski definition) is 2. The van der Waals surface area contributed by atoms with Crippen LogP contribution in [-0.4, -0.2) is 73.0 Å². The highest BCUT2D eigenvalue weighted by Crippen LogP contribution is 2.27.